The van der Waals surface area contributed by atoms with Crippen LogP contribution in [0.2, 0.25) is 0 Å². The van der Waals surface area contributed by atoms with E-state index < -0.39 is 29.8 Å². The van der Waals surface area contributed by atoms with E-state index in [0.717, 1.165) is 17.1 Å². The van der Waals surface area contributed by atoms with Crippen LogP contribution in [-0.2, 0) is 32.3 Å². The smallest absolute Gasteiger partial charge is 0.408 e. The second kappa shape index (κ2) is 15.1. The molecule has 0 aliphatic carbocycles. The molecule has 2 amide bonds. The number of H-pyrrole nitrogens is 1. The van der Waals surface area contributed by atoms with E-state index in [4.69, 9.17) is 14.6 Å². The van der Waals surface area contributed by atoms with Crippen LogP contribution in [0.15, 0.2) is 53.7 Å². The summed E-state index contributed by atoms with van der Waals surface area (Å²) in [5.74, 6) is -1.86. The van der Waals surface area contributed by atoms with Gasteiger partial charge >= 0.3 is 17.8 Å². The fraction of sp³-hybridized carbons (Fsp3) is 0.292. The Kier molecular flexibility index (Phi) is 11.6. The van der Waals surface area contributed by atoms with Crippen molar-refractivity contribution in [2.75, 3.05) is 17.2 Å². The number of hydrogen-bond acceptors (Lipinski definition) is 9. The number of aromatic amines is 1. The number of alkyl carbamates (subject to hydrolysis) is 1. The number of imidazole rings is 1. The third-order valence-electron chi connectivity index (χ3n) is 4.76. The van der Waals surface area contributed by atoms with Crippen molar-refractivity contribution in [2.45, 2.75) is 39.5 Å². The number of hydrogen-bond donors (Lipinski definition) is 6. The summed E-state index contributed by atoms with van der Waals surface area (Å²) in [7, 11) is 0. The van der Waals surface area contributed by atoms with Crippen molar-refractivity contribution in [1.29, 1.82) is 0 Å². The number of ether oxygens (including phenoxy) is 1. The summed E-state index contributed by atoms with van der Waals surface area (Å²) in [5, 5.41) is 24.6. The monoisotopic (exact) mass is 543 g/mol. The van der Waals surface area contributed by atoms with Crippen molar-refractivity contribution in [3.8, 4) is 0 Å². The lowest BCUT2D eigenvalue weighted by Crippen LogP contribution is -2.45. The summed E-state index contributed by atoms with van der Waals surface area (Å²) in [6, 6.07) is 7.49. The fourth-order valence-corrected chi connectivity index (χ4v) is 3.02. The van der Waals surface area contributed by atoms with Gasteiger partial charge in [-0.15, -0.1) is 0 Å². The number of carboxylic acid groups (broad SMARTS) is 2. The van der Waals surface area contributed by atoms with Gasteiger partial charge in [0.15, 0.2) is 0 Å². The lowest BCUT2D eigenvalue weighted by molar-refractivity contribution is -0.139. The fourth-order valence-electron chi connectivity index (χ4n) is 3.02. The van der Waals surface area contributed by atoms with Gasteiger partial charge in [-0.05, 0) is 12.5 Å². The van der Waals surface area contributed by atoms with Crippen LogP contribution in [0.25, 0.3) is 0 Å². The van der Waals surface area contributed by atoms with Crippen LogP contribution in [-0.4, -0.2) is 66.3 Å². The number of aromatic nitrogens is 4. The van der Waals surface area contributed by atoms with Crippen LogP contribution in [0.5, 0.6) is 0 Å². The molecule has 15 heteroatoms. The molecule has 6 N–H and O–H groups in total. The number of carbonyl (C=O) groups is 4. The SMILES string of the molecule is CC(=O)O.Cc1cn(C[C@H](NC(=O)OCc2ccccc2)C(=O)O)c(=O)nc1NCCC(=O)Nc1ncc[nH]1. The Morgan fingerprint density at radius 2 is 1.85 bits per heavy atom. The van der Waals surface area contributed by atoms with Crippen molar-refractivity contribution in [3.05, 3.63) is 70.5 Å². The lowest BCUT2D eigenvalue weighted by atomic mass is 10.2. The van der Waals surface area contributed by atoms with Crippen molar-refractivity contribution in [2.24, 2.45) is 0 Å². The number of nitrogens with zero attached hydrogens (tertiary/aromatic N) is 3. The summed E-state index contributed by atoms with van der Waals surface area (Å²) >= 11 is 0. The van der Waals surface area contributed by atoms with Gasteiger partial charge in [0, 0.05) is 44.0 Å². The van der Waals surface area contributed by atoms with Gasteiger partial charge in [-0.1, -0.05) is 30.3 Å². The van der Waals surface area contributed by atoms with Gasteiger partial charge in [0.1, 0.15) is 18.5 Å². The molecule has 2 aromatic heterocycles. The van der Waals surface area contributed by atoms with Crippen molar-refractivity contribution < 1.29 is 34.1 Å². The zero-order valence-corrected chi connectivity index (χ0v) is 21.2. The van der Waals surface area contributed by atoms with E-state index in [9.17, 15) is 24.3 Å². The second-order valence-electron chi connectivity index (χ2n) is 7.99. The molecule has 2 heterocycles. The van der Waals surface area contributed by atoms with E-state index in [0.29, 0.717) is 11.5 Å². The summed E-state index contributed by atoms with van der Waals surface area (Å²) in [6.45, 7) is 2.58. The molecule has 0 saturated heterocycles. The normalized spacial score (nSPS) is 10.8. The highest BCUT2D eigenvalue weighted by Crippen LogP contribution is 2.09. The number of aliphatic carboxylic acids is 2. The molecule has 0 aliphatic rings. The molecule has 15 nitrogen and oxygen atoms in total. The largest absolute Gasteiger partial charge is 0.481 e. The van der Waals surface area contributed by atoms with Crippen LogP contribution in [0.1, 0.15) is 24.5 Å². The molecule has 0 fully saturated rings. The average molecular weight is 544 g/mol. The van der Waals surface area contributed by atoms with Gasteiger partial charge in [0.05, 0.1) is 6.54 Å². The standard InChI is InChI=1S/C22H25N7O6.C2H4O2/c1-14-11-29(12-16(19(31)32)26-22(34)35-13-15-5-3-2-4-6-15)21(33)28-18(14)23-8-7-17(30)27-20-24-9-10-25-20;1-2(3)4/h2-6,9-11,16H,7-8,12-13H2,1H3,(H,26,34)(H,31,32)(H,23,28,33)(H2,24,25,27,30);1H3,(H,3,4)/t16-;/m0./s1. The van der Waals surface area contributed by atoms with Crippen molar-refractivity contribution in [1.82, 2.24) is 24.8 Å². The van der Waals surface area contributed by atoms with Gasteiger partial charge in [-0.3, -0.25) is 19.5 Å². The van der Waals surface area contributed by atoms with E-state index in [-0.39, 0.29) is 37.8 Å². The first-order valence-electron chi connectivity index (χ1n) is 11.6. The molecule has 3 rings (SSSR count). The number of carbonyl (C=O) groups excluding carboxylic acids is 2. The third-order valence-corrected chi connectivity index (χ3v) is 4.76. The van der Waals surface area contributed by atoms with Crippen LogP contribution < -0.4 is 21.6 Å². The number of anilines is 2. The lowest BCUT2D eigenvalue weighted by Gasteiger charge is -2.17. The molecule has 0 aliphatic heterocycles. The zero-order chi connectivity index (χ0) is 28.8. The first kappa shape index (κ1) is 30.0. The van der Waals surface area contributed by atoms with Gasteiger partial charge in [0.2, 0.25) is 11.9 Å². The minimum Gasteiger partial charge on any atom is -0.481 e. The van der Waals surface area contributed by atoms with Gasteiger partial charge < -0.3 is 30.6 Å². The van der Waals surface area contributed by atoms with Crippen molar-refractivity contribution >= 4 is 35.7 Å². The van der Waals surface area contributed by atoms with Crippen LogP contribution in [0.4, 0.5) is 16.6 Å². The van der Waals surface area contributed by atoms with Gasteiger partial charge in [0.25, 0.3) is 5.97 Å². The predicted molar refractivity (Wildman–Crippen MR) is 138 cm³/mol. The topological polar surface area (TPSA) is 218 Å². The summed E-state index contributed by atoms with van der Waals surface area (Å²) in [6.07, 6.45) is 3.68. The Morgan fingerprint density at radius 1 is 1.15 bits per heavy atom. The Balaban J connectivity index is 0.00000124. The number of amides is 2. The van der Waals surface area contributed by atoms with E-state index in [1.54, 1.807) is 37.4 Å². The molecule has 1 aromatic carbocycles. The Bertz CT molecular complexity index is 1310. The number of carboxylic acids is 2. The third kappa shape index (κ3) is 11.2. The Morgan fingerprint density at radius 3 is 2.46 bits per heavy atom. The van der Waals surface area contributed by atoms with E-state index >= 15 is 0 Å². The number of benzene rings is 1. The van der Waals surface area contributed by atoms with Crippen molar-refractivity contribution in [3.63, 3.8) is 0 Å². The maximum Gasteiger partial charge on any atom is 0.408 e. The molecule has 39 heavy (non-hydrogen) atoms. The molecule has 208 valence electrons. The summed E-state index contributed by atoms with van der Waals surface area (Å²) in [4.78, 5) is 67.6. The molecule has 0 bridgehead atoms. The maximum atomic E-state index is 12.4. The average Bonchev–Trinajstić information content (AvgIpc) is 3.38. The number of rotatable bonds is 11. The second-order valence-corrected chi connectivity index (χ2v) is 7.99. The first-order chi connectivity index (χ1) is 18.5. The van der Waals surface area contributed by atoms with Gasteiger partial charge in [-0.25, -0.2) is 19.4 Å². The number of aryl methyl sites for hydroxylation is 1. The van der Waals surface area contributed by atoms with E-state index in [1.807, 2.05) is 6.07 Å². The molecule has 3 aromatic rings. The molecule has 0 spiro atoms. The highest BCUT2D eigenvalue weighted by molar-refractivity contribution is 5.89. The Hall–Kier alpha value is -5.21. The van der Waals surface area contributed by atoms with E-state index in [1.165, 1.54) is 12.4 Å². The number of nitrogens with one attached hydrogen (secondary N) is 4. The predicted octanol–water partition coefficient (Wildman–Crippen LogP) is 1.19. The minimum atomic E-state index is -1.42. The molecule has 1 atom stereocenters. The molecule has 0 radical (unpaired) electrons. The minimum absolute atomic E-state index is 0.0282. The quantitative estimate of drug-likeness (QED) is 0.202. The highest BCUT2D eigenvalue weighted by atomic mass is 16.5. The summed E-state index contributed by atoms with van der Waals surface area (Å²) in [5.41, 5.74) is 0.572. The molecular weight excluding hydrogens is 514 g/mol. The first-order valence-corrected chi connectivity index (χ1v) is 11.6. The van der Waals surface area contributed by atoms with Crippen LogP contribution in [0.3, 0.4) is 0 Å². The Labute approximate surface area is 222 Å². The molecule has 0 unspecified atom stereocenters. The highest BCUT2D eigenvalue weighted by Gasteiger charge is 2.22. The van der Waals surface area contributed by atoms with Crippen LogP contribution >= 0.6 is 0 Å². The molecule has 0 saturated carbocycles. The van der Waals surface area contributed by atoms with Crippen LogP contribution in [0, 0.1) is 6.92 Å². The zero-order valence-electron chi connectivity index (χ0n) is 21.2. The van der Waals surface area contributed by atoms with E-state index in [2.05, 4.69) is 30.9 Å². The summed E-state index contributed by atoms with van der Waals surface area (Å²) < 4.78 is 6.13. The van der Waals surface area contributed by atoms with Gasteiger partial charge in [-0.2, -0.15) is 4.98 Å². The maximum absolute atomic E-state index is 12.4. The molecular formula is C24H29N7O8.